The van der Waals surface area contributed by atoms with Crippen LogP contribution in [0, 0.1) is 0 Å². The molecule has 1 aromatic carbocycles. The molecule has 0 radical (unpaired) electrons. The van der Waals surface area contributed by atoms with Crippen LogP contribution in [0.25, 0.3) is 0 Å². The molecule has 6 heteroatoms. The zero-order valence-electron chi connectivity index (χ0n) is 12.4. The van der Waals surface area contributed by atoms with E-state index in [1.165, 1.54) is 0 Å². The van der Waals surface area contributed by atoms with Crippen LogP contribution in [0.2, 0.25) is 0 Å². The third kappa shape index (κ3) is 5.94. The Balaban J connectivity index is 0.00000220. The molecule has 118 valence electrons. The maximum absolute atomic E-state index is 12.0. The molecular weight excluding hydrogens is 356 g/mol. The molecule has 1 aromatic rings. The zero-order valence-corrected chi connectivity index (χ0v) is 14.8. The van der Waals surface area contributed by atoms with Crippen LogP contribution in [0.5, 0.6) is 0 Å². The number of likely N-dealkylation sites (N-methyl/N-ethyl adjacent to an activating group) is 1. The minimum Gasteiger partial charge on any atom is -0.458 e. The van der Waals surface area contributed by atoms with Crippen LogP contribution in [0.1, 0.15) is 17.3 Å². The van der Waals surface area contributed by atoms with Gasteiger partial charge >= 0.3 is 5.97 Å². The fraction of sp³-hybridized carbons (Fsp3) is 0.533. The number of ether oxygens (including phenoxy) is 1. The fourth-order valence-electron chi connectivity index (χ4n) is 2.27. The molecule has 1 unspecified atom stereocenters. The first-order chi connectivity index (χ1) is 9.54. The Morgan fingerprint density at radius 1 is 1.24 bits per heavy atom. The van der Waals surface area contributed by atoms with Crippen molar-refractivity contribution in [1.29, 1.82) is 0 Å². The summed E-state index contributed by atoms with van der Waals surface area (Å²) in [6.45, 7) is 6.99. The van der Waals surface area contributed by atoms with Gasteiger partial charge in [0.1, 0.15) is 6.10 Å². The second-order valence-corrected chi connectivity index (χ2v) is 6.24. The lowest BCUT2D eigenvalue weighted by molar-refractivity contribution is 0.0207. The summed E-state index contributed by atoms with van der Waals surface area (Å²) in [6, 6.07) is 7.24. The summed E-state index contributed by atoms with van der Waals surface area (Å²) in [5.41, 5.74) is 0.596. The van der Waals surface area contributed by atoms with Crippen molar-refractivity contribution < 1.29 is 9.53 Å². The van der Waals surface area contributed by atoms with Crippen molar-refractivity contribution in [3.8, 4) is 0 Å². The van der Waals surface area contributed by atoms with Crippen molar-refractivity contribution in [2.75, 3.05) is 39.8 Å². The van der Waals surface area contributed by atoms with E-state index < -0.39 is 0 Å². The molecule has 1 aliphatic rings. The van der Waals surface area contributed by atoms with Gasteiger partial charge in [0.2, 0.25) is 0 Å². The number of rotatable bonds is 4. The van der Waals surface area contributed by atoms with Crippen LogP contribution in [-0.2, 0) is 4.74 Å². The fourth-order valence-corrected chi connectivity index (χ4v) is 2.53. The number of halogens is 2. The van der Waals surface area contributed by atoms with Gasteiger partial charge in [-0.25, -0.2) is 4.79 Å². The zero-order chi connectivity index (χ0) is 14.5. The van der Waals surface area contributed by atoms with Gasteiger partial charge in [-0.3, -0.25) is 4.90 Å². The largest absolute Gasteiger partial charge is 0.458 e. The number of carbonyl (C=O) groups excluding carboxylic acids is 1. The summed E-state index contributed by atoms with van der Waals surface area (Å²) in [4.78, 5) is 16.7. The highest BCUT2D eigenvalue weighted by Crippen LogP contribution is 2.12. The van der Waals surface area contributed by atoms with E-state index in [1.54, 1.807) is 12.1 Å². The smallest absolute Gasteiger partial charge is 0.338 e. The first-order valence-corrected chi connectivity index (χ1v) is 7.71. The average molecular weight is 378 g/mol. The summed E-state index contributed by atoms with van der Waals surface area (Å²) in [5, 5.41) is 0. The molecule has 0 saturated carbocycles. The van der Waals surface area contributed by atoms with Crippen LogP contribution in [0.3, 0.4) is 0 Å². The third-order valence-electron chi connectivity index (χ3n) is 3.50. The van der Waals surface area contributed by atoms with Crippen LogP contribution < -0.4 is 0 Å². The maximum Gasteiger partial charge on any atom is 0.338 e. The van der Waals surface area contributed by atoms with Gasteiger partial charge < -0.3 is 9.64 Å². The molecule has 0 amide bonds. The number of esters is 1. The molecule has 0 N–H and O–H groups in total. The molecule has 0 aromatic heterocycles. The first kappa shape index (κ1) is 18.4. The summed E-state index contributed by atoms with van der Waals surface area (Å²) in [6.07, 6.45) is -0.0884. The predicted molar refractivity (Wildman–Crippen MR) is 90.2 cm³/mol. The molecule has 0 spiro atoms. The highest BCUT2D eigenvalue weighted by atomic mass is 79.9. The number of hydrogen-bond acceptors (Lipinski definition) is 4. The Bertz CT molecular complexity index is 447. The van der Waals surface area contributed by atoms with Crippen LogP contribution in [-0.4, -0.2) is 61.6 Å². The number of benzene rings is 1. The van der Waals surface area contributed by atoms with Crippen LogP contribution in [0.15, 0.2) is 28.7 Å². The number of piperazine rings is 1. The van der Waals surface area contributed by atoms with Gasteiger partial charge in [-0.15, -0.1) is 12.4 Å². The Morgan fingerprint density at radius 3 is 2.38 bits per heavy atom. The minimum atomic E-state index is -0.251. The lowest BCUT2D eigenvalue weighted by atomic mass is 10.2. The van der Waals surface area contributed by atoms with E-state index in [0.29, 0.717) is 5.56 Å². The third-order valence-corrected chi connectivity index (χ3v) is 4.03. The molecule has 4 nitrogen and oxygen atoms in total. The van der Waals surface area contributed by atoms with E-state index in [9.17, 15) is 4.79 Å². The van der Waals surface area contributed by atoms with Gasteiger partial charge in [-0.1, -0.05) is 15.9 Å². The predicted octanol–water partition coefficient (Wildman–Crippen LogP) is 2.66. The van der Waals surface area contributed by atoms with E-state index in [0.717, 1.165) is 37.2 Å². The Labute approximate surface area is 141 Å². The van der Waals surface area contributed by atoms with Crippen molar-refractivity contribution in [2.45, 2.75) is 13.0 Å². The minimum absolute atomic E-state index is 0. The molecule has 0 aliphatic carbocycles. The summed E-state index contributed by atoms with van der Waals surface area (Å²) < 4.78 is 6.45. The number of hydrogen-bond donors (Lipinski definition) is 0. The number of nitrogens with zero attached hydrogens (tertiary/aromatic N) is 2. The summed E-state index contributed by atoms with van der Waals surface area (Å²) in [7, 11) is 2.13. The van der Waals surface area contributed by atoms with Gasteiger partial charge in [-0.2, -0.15) is 0 Å². The Hall–Kier alpha value is -0.620. The second kappa shape index (κ2) is 8.73. The van der Waals surface area contributed by atoms with Crippen LogP contribution in [0.4, 0.5) is 0 Å². The molecule has 21 heavy (non-hydrogen) atoms. The molecule has 1 fully saturated rings. The normalized spacial score (nSPS) is 17.9. The maximum atomic E-state index is 12.0. The van der Waals surface area contributed by atoms with Crippen LogP contribution >= 0.6 is 28.3 Å². The highest BCUT2D eigenvalue weighted by Gasteiger charge is 2.18. The average Bonchev–Trinajstić information content (AvgIpc) is 2.42. The van der Waals surface area contributed by atoms with Crippen molar-refractivity contribution in [3.63, 3.8) is 0 Å². The molecule has 1 atom stereocenters. The SMILES string of the molecule is CC(CN1CCN(C)CC1)OC(=O)c1ccc(Br)cc1.Cl. The molecular formula is C15H22BrClN2O2. The van der Waals surface area contributed by atoms with E-state index in [1.807, 2.05) is 19.1 Å². The topological polar surface area (TPSA) is 32.8 Å². The second-order valence-electron chi connectivity index (χ2n) is 5.33. The van der Waals surface area contributed by atoms with Crippen molar-refractivity contribution in [1.82, 2.24) is 9.80 Å². The van der Waals surface area contributed by atoms with Gasteiger partial charge in [0, 0.05) is 37.2 Å². The van der Waals surface area contributed by atoms with Crippen molar-refractivity contribution in [3.05, 3.63) is 34.3 Å². The molecule has 2 rings (SSSR count). The van der Waals surface area contributed by atoms with Crippen molar-refractivity contribution >= 4 is 34.3 Å². The lowest BCUT2D eigenvalue weighted by Gasteiger charge is -2.33. The first-order valence-electron chi connectivity index (χ1n) is 6.92. The quantitative estimate of drug-likeness (QED) is 0.755. The van der Waals surface area contributed by atoms with Gasteiger partial charge in [0.05, 0.1) is 5.56 Å². The Kier molecular flexibility index (Phi) is 7.66. The molecule has 1 saturated heterocycles. The van der Waals surface area contributed by atoms with E-state index in [2.05, 4.69) is 32.8 Å². The summed E-state index contributed by atoms with van der Waals surface area (Å²) >= 11 is 3.35. The van der Waals surface area contributed by atoms with Gasteiger partial charge in [0.15, 0.2) is 0 Å². The molecule has 1 heterocycles. The summed E-state index contributed by atoms with van der Waals surface area (Å²) in [5.74, 6) is -0.251. The standard InChI is InChI=1S/C15H21BrN2O2.ClH/c1-12(11-18-9-7-17(2)8-10-18)20-15(19)13-3-5-14(16)6-4-13;/h3-6,12H,7-11H2,1-2H3;1H. The monoisotopic (exact) mass is 376 g/mol. The molecule has 1 aliphatic heterocycles. The van der Waals surface area contributed by atoms with Gasteiger partial charge in [0.25, 0.3) is 0 Å². The highest BCUT2D eigenvalue weighted by molar-refractivity contribution is 9.10. The number of carbonyl (C=O) groups is 1. The van der Waals surface area contributed by atoms with E-state index >= 15 is 0 Å². The Morgan fingerprint density at radius 2 is 1.81 bits per heavy atom. The van der Waals surface area contributed by atoms with Crippen molar-refractivity contribution in [2.24, 2.45) is 0 Å². The molecule has 0 bridgehead atoms. The van der Waals surface area contributed by atoms with Gasteiger partial charge in [-0.05, 0) is 38.2 Å². The van der Waals surface area contributed by atoms with E-state index in [-0.39, 0.29) is 24.5 Å². The lowest BCUT2D eigenvalue weighted by Crippen LogP contribution is -2.47. The van der Waals surface area contributed by atoms with E-state index in [4.69, 9.17) is 4.74 Å².